The zero-order chi connectivity index (χ0) is 10.2. The fourth-order valence-electron chi connectivity index (χ4n) is 0.143. The fourth-order valence-corrected chi connectivity index (χ4v) is 0.428. The molecular weight excluding hydrogens is 200 g/mol. The van der Waals surface area contributed by atoms with Gasteiger partial charge >= 0.3 is 10.4 Å². The molecule has 0 fully saturated rings. The molecule has 8 heteroatoms. The van der Waals surface area contributed by atoms with Crippen molar-refractivity contribution in [1.29, 1.82) is 0 Å². The Morgan fingerprint density at radius 3 is 1.69 bits per heavy atom. The summed E-state index contributed by atoms with van der Waals surface area (Å²) in [5.41, 5.74) is 0. The third-order valence-electron chi connectivity index (χ3n) is 0.324. The lowest BCUT2D eigenvalue weighted by Crippen LogP contribution is -2.06. The van der Waals surface area contributed by atoms with Crippen molar-refractivity contribution in [2.45, 2.75) is 0 Å². The highest BCUT2D eigenvalue weighted by Crippen LogP contribution is 1.81. The lowest BCUT2D eigenvalue weighted by Gasteiger charge is -1.92. The summed E-state index contributed by atoms with van der Waals surface area (Å²) in [6.45, 7) is -0.835. The van der Waals surface area contributed by atoms with Crippen LogP contribution in [0, 0.1) is 0 Å². The van der Waals surface area contributed by atoms with E-state index in [1.807, 2.05) is 26.0 Å². The fraction of sp³-hybridized carbons (Fsp3) is 1.00. The normalized spacial score (nSPS) is 10.0. The predicted octanol–water partition coefficient (Wildman–Crippen LogP) is -0.862. The van der Waals surface area contributed by atoms with Gasteiger partial charge in [0.2, 0.25) is 0 Å². The van der Waals surface area contributed by atoms with Crippen molar-refractivity contribution in [3.8, 4) is 0 Å². The van der Waals surface area contributed by atoms with E-state index in [4.69, 9.17) is 9.66 Å². The molecule has 0 heterocycles. The van der Waals surface area contributed by atoms with Gasteiger partial charge in [0.15, 0.2) is 0 Å². The number of aliphatic hydroxyl groups is 1. The molecule has 0 aliphatic rings. The summed E-state index contributed by atoms with van der Waals surface area (Å²) >= 11 is 0. The largest absolute Gasteiger partial charge is 0.397 e. The van der Waals surface area contributed by atoms with Crippen molar-refractivity contribution in [3.63, 3.8) is 0 Å². The van der Waals surface area contributed by atoms with Gasteiger partial charge in [0.25, 0.3) is 0 Å². The van der Waals surface area contributed by atoms with Crippen LogP contribution in [-0.2, 0) is 14.6 Å². The molecule has 0 aliphatic carbocycles. The molecule has 0 bridgehead atoms. The minimum Gasteiger partial charge on any atom is -0.394 e. The summed E-state index contributed by atoms with van der Waals surface area (Å²) in [5, 5.41) is 7.93. The minimum absolute atomic E-state index is 0. The Morgan fingerprint density at radius 1 is 1.31 bits per heavy atom. The molecule has 0 aromatic rings. The molecule has 0 aliphatic heterocycles. The van der Waals surface area contributed by atoms with Crippen LogP contribution in [0.15, 0.2) is 0 Å². The first-order valence-electron chi connectivity index (χ1n) is 3.13. The highest BCUT2D eigenvalue weighted by Gasteiger charge is 2.00. The average molecular weight is 218 g/mol. The van der Waals surface area contributed by atoms with Crippen LogP contribution in [0.4, 0.5) is 0 Å². The highest BCUT2D eigenvalue weighted by molar-refractivity contribution is 7.80. The maximum absolute atomic E-state index is 9.61. The first-order chi connectivity index (χ1) is 5.29. The molecule has 0 amide bonds. The van der Waals surface area contributed by atoms with Crippen molar-refractivity contribution >= 4 is 10.4 Å². The highest BCUT2D eigenvalue weighted by atomic mass is 32.3. The van der Waals surface area contributed by atoms with Gasteiger partial charge < -0.3 is 16.2 Å². The van der Waals surface area contributed by atoms with Gasteiger partial charge in [-0.3, -0.25) is 4.55 Å². The molecule has 0 aromatic heterocycles. The number of nitrogens with zero attached hydrogens (tertiary/aromatic N) is 1. The first-order valence-corrected chi connectivity index (χ1v) is 4.49. The van der Waals surface area contributed by atoms with Gasteiger partial charge in [-0.05, 0) is 21.1 Å². The average Bonchev–Trinajstić information content (AvgIpc) is 1.80. The van der Waals surface area contributed by atoms with Crippen molar-refractivity contribution in [3.05, 3.63) is 0 Å². The molecule has 13 heavy (non-hydrogen) atoms. The molecular formula is C5H18N2O5S. The second kappa shape index (κ2) is 9.84. The van der Waals surface area contributed by atoms with Gasteiger partial charge in [-0.25, -0.2) is 4.18 Å². The summed E-state index contributed by atoms with van der Waals surface area (Å²) in [7, 11) is 1.65. The van der Waals surface area contributed by atoms with Crippen LogP contribution >= 0.6 is 0 Å². The monoisotopic (exact) mass is 218 g/mol. The standard InChI is InChI=1S/C3H9N.C2H6O5S.H3N/c1-4(2)3;3-1-2-7-8(4,5)6;/h1-3H3;3H,1-2H2,(H,4,5,6);1H3. The van der Waals surface area contributed by atoms with Crippen LogP contribution < -0.4 is 6.15 Å². The zero-order valence-electron chi connectivity index (χ0n) is 8.10. The van der Waals surface area contributed by atoms with E-state index in [9.17, 15) is 8.42 Å². The second-order valence-corrected chi connectivity index (χ2v) is 3.41. The number of hydrogen-bond donors (Lipinski definition) is 3. The quantitative estimate of drug-likeness (QED) is 0.526. The zero-order valence-corrected chi connectivity index (χ0v) is 8.91. The van der Waals surface area contributed by atoms with Gasteiger partial charge in [-0.1, -0.05) is 0 Å². The molecule has 5 N–H and O–H groups in total. The number of aliphatic hydroxyl groups excluding tert-OH is 1. The van der Waals surface area contributed by atoms with Gasteiger partial charge in [0, 0.05) is 0 Å². The Labute approximate surface area is 78.8 Å². The van der Waals surface area contributed by atoms with Gasteiger partial charge in [-0.2, -0.15) is 8.42 Å². The first kappa shape index (κ1) is 18.5. The van der Waals surface area contributed by atoms with Crippen LogP contribution in [0.25, 0.3) is 0 Å². The minimum atomic E-state index is -4.35. The maximum Gasteiger partial charge on any atom is 0.397 e. The van der Waals surface area contributed by atoms with Crippen molar-refractivity contribution in [2.24, 2.45) is 0 Å². The Balaban J connectivity index is -0.000000173. The van der Waals surface area contributed by atoms with E-state index in [-0.39, 0.29) is 6.15 Å². The Hall–Kier alpha value is -0.250. The lowest BCUT2D eigenvalue weighted by atomic mass is 10.8. The molecule has 0 aromatic carbocycles. The topological polar surface area (TPSA) is 122 Å². The molecule has 0 rings (SSSR count). The smallest absolute Gasteiger partial charge is 0.394 e. The van der Waals surface area contributed by atoms with E-state index >= 15 is 0 Å². The molecule has 84 valence electrons. The Morgan fingerprint density at radius 2 is 1.62 bits per heavy atom. The summed E-state index contributed by atoms with van der Waals surface area (Å²) in [6, 6.07) is 0. The van der Waals surface area contributed by atoms with Crippen LogP contribution in [0.5, 0.6) is 0 Å². The lowest BCUT2D eigenvalue weighted by molar-refractivity contribution is 0.188. The van der Waals surface area contributed by atoms with Crippen LogP contribution in [0.2, 0.25) is 0 Å². The third kappa shape index (κ3) is 49.5. The Bertz CT molecular complexity index is 177. The van der Waals surface area contributed by atoms with Crippen molar-refractivity contribution < 1.29 is 22.3 Å². The van der Waals surface area contributed by atoms with E-state index in [0.717, 1.165) is 0 Å². The number of rotatable bonds is 3. The van der Waals surface area contributed by atoms with Crippen LogP contribution in [-0.4, -0.2) is 57.3 Å². The molecule has 0 atom stereocenters. The molecule has 7 nitrogen and oxygen atoms in total. The summed E-state index contributed by atoms with van der Waals surface area (Å²) in [5.74, 6) is 0. The molecule has 0 saturated heterocycles. The van der Waals surface area contributed by atoms with Crippen LogP contribution in [0.3, 0.4) is 0 Å². The molecule has 0 saturated carbocycles. The summed E-state index contributed by atoms with van der Waals surface area (Å²) in [6.07, 6.45) is 0. The molecule has 0 spiro atoms. The van der Waals surface area contributed by atoms with E-state index < -0.39 is 23.6 Å². The summed E-state index contributed by atoms with van der Waals surface area (Å²) < 4.78 is 30.7. The second-order valence-electron chi connectivity index (χ2n) is 2.31. The SMILES string of the molecule is CN(C)C.N.O=S(=O)(O)OCCO. The van der Waals surface area contributed by atoms with E-state index in [0.29, 0.717) is 0 Å². The predicted molar refractivity (Wildman–Crippen MR) is 49.2 cm³/mol. The summed E-state index contributed by atoms with van der Waals surface area (Å²) in [4.78, 5) is 2.00. The maximum atomic E-state index is 9.61. The van der Waals surface area contributed by atoms with E-state index in [1.54, 1.807) is 0 Å². The van der Waals surface area contributed by atoms with Gasteiger partial charge in [-0.15, -0.1) is 0 Å². The number of hydrogen-bond acceptors (Lipinski definition) is 6. The van der Waals surface area contributed by atoms with Gasteiger partial charge in [0.1, 0.15) is 0 Å². The van der Waals surface area contributed by atoms with E-state index in [2.05, 4.69) is 4.18 Å². The third-order valence-corrected chi connectivity index (χ3v) is 0.788. The molecule has 0 radical (unpaired) electrons. The van der Waals surface area contributed by atoms with Crippen LogP contribution in [0.1, 0.15) is 0 Å². The van der Waals surface area contributed by atoms with Crippen molar-refractivity contribution in [2.75, 3.05) is 34.4 Å². The van der Waals surface area contributed by atoms with E-state index in [1.165, 1.54) is 0 Å². The van der Waals surface area contributed by atoms with Gasteiger partial charge in [0.05, 0.1) is 13.2 Å². The Kier molecular flexibility index (Phi) is 14.0. The van der Waals surface area contributed by atoms with Crippen molar-refractivity contribution in [1.82, 2.24) is 11.1 Å². The molecule has 0 unspecified atom stereocenters.